The minimum absolute atomic E-state index is 0.103. The molecule has 1 unspecified atom stereocenters. The first-order valence-corrected chi connectivity index (χ1v) is 9.58. The highest BCUT2D eigenvalue weighted by molar-refractivity contribution is 5.96. The fourth-order valence-electron chi connectivity index (χ4n) is 3.23. The van der Waals surface area contributed by atoms with E-state index in [1.54, 1.807) is 4.52 Å². The largest absolute Gasteiger partial charge is 0.469 e. The van der Waals surface area contributed by atoms with E-state index in [1.165, 1.54) is 6.42 Å². The molecule has 7 nitrogen and oxygen atoms in total. The molecular weight excluding hydrogens is 354 g/mol. The molecule has 0 aliphatic rings. The van der Waals surface area contributed by atoms with Gasteiger partial charge in [0.05, 0.1) is 0 Å². The summed E-state index contributed by atoms with van der Waals surface area (Å²) in [6.45, 7) is 7.95. The molecule has 0 aliphatic heterocycles. The predicted octanol–water partition coefficient (Wildman–Crippen LogP) is 4.75. The standard InChI is InChI=1S/C21H23N5O2/c1-4-6-7-10-15(5-2)27-21-17-12-9-8-11-16(17)19-22-23-20(26(19)24-21)18-13-14(3)28-25-18/h5,8-9,11-13,15H,2,4,6-7,10H2,1,3H3. The average molecular weight is 377 g/mol. The highest BCUT2D eigenvalue weighted by Crippen LogP contribution is 2.29. The Kier molecular flexibility index (Phi) is 5.06. The van der Waals surface area contributed by atoms with E-state index >= 15 is 0 Å². The first kappa shape index (κ1) is 18.2. The Morgan fingerprint density at radius 1 is 1.21 bits per heavy atom. The lowest BCUT2D eigenvalue weighted by Crippen LogP contribution is -2.15. The van der Waals surface area contributed by atoms with Gasteiger partial charge in [0.1, 0.15) is 11.9 Å². The molecule has 28 heavy (non-hydrogen) atoms. The Morgan fingerprint density at radius 3 is 2.75 bits per heavy atom. The summed E-state index contributed by atoms with van der Waals surface area (Å²) in [5.74, 6) is 1.75. The molecule has 4 rings (SSSR count). The molecule has 144 valence electrons. The monoisotopic (exact) mass is 377 g/mol. The summed E-state index contributed by atoms with van der Waals surface area (Å²) in [6, 6.07) is 9.72. The van der Waals surface area contributed by atoms with Crippen molar-refractivity contribution in [3.8, 4) is 17.4 Å². The van der Waals surface area contributed by atoms with E-state index < -0.39 is 0 Å². The Hall–Kier alpha value is -3.22. The minimum Gasteiger partial charge on any atom is -0.469 e. The van der Waals surface area contributed by atoms with Gasteiger partial charge < -0.3 is 9.26 Å². The van der Waals surface area contributed by atoms with Gasteiger partial charge in [0, 0.05) is 16.8 Å². The number of unbranched alkanes of at least 4 members (excludes halogenated alkanes) is 2. The van der Waals surface area contributed by atoms with Crippen molar-refractivity contribution in [1.82, 2.24) is 25.0 Å². The number of hydrogen-bond acceptors (Lipinski definition) is 6. The molecule has 0 spiro atoms. The van der Waals surface area contributed by atoms with Crippen LogP contribution in [0.2, 0.25) is 0 Å². The first-order chi connectivity index (χ1) is 13.7. The van der Waals surface area contributed by atoms with Crippen LogP contribution in [0.1, 0.15) is 38.4 Å². The zero-order valence-electron chi connectivity index (χ0n) is 16.1. The van der Waals surface area contributed by atoms with Gasteiger partial charge in [0.15, 0.2) is 11.3 Å². The molecule has 0 bridgehead atoms. The van der Waals surface area contributed by atoms with Crippen molar-refractivity contribution in [2.75, 3.05) is 0 Å². The van der Waals surface area contributed by atoms with Gasteiger partial charge in [0.25, 0.3) is 0 Å². The Labute approximate surface area is 163 Å². The van der Waals surface area contributed by atoms with Crippen LogP contribution in [-0.2, 0) is 0 Å². The summed E-state index contributed by atoms with van der Waals surface area (Å²) in [5, 5.41) is 19.2. The van der Waals surface area contributed by atoms with Crippen LogP contribution in [0.25, 0.3) is 27.9 Å². The van der Waals surface area contributed by atoms with Crippen molar-refractivity contribution in [2.24, 2.45) is 0 Å². The summed E-state index contributed by atoms with van der Waals surface area (Å²) >= 11 is 0. The lowest BCUT2D eigenvalue weighted by molar-refractivity contribution is 0.225. The van der Waals surface area contributed by atoms with Crippen LogP contribution in [0.5, 0.6) is 5.88 Å². The molecule has 0 N–H and O–H groups in total. The highest BCUT2D eigenvalue weighted by atomic mass is 16.5. The van der Waals surface area contributed by atoms with E-state index in [0.717, 1.165) is 30.0 Å². The van der Waals surface area contributed by atoms with Crippen LogP contribution in [0.4, 0.5) is 0 Å². The number of ether oxygens (including phenoxy) is 1. The number of aryl methyl sites for hydroxylation is 1. The average Bonchev–Trinajstić information content (AvgIpc) is 3.33. The molecule has 0 saturated carbocycles. The summed E-state index contributed by atoms with van der Waals surface area (Å²) in [5.41, 5.74) is 1.24. The van der Waals surface area contributed by atoms with Gasteiger partial charge in [-0.1, -0.05) is 55.8 Å². The summed E-state index contributed by atoms with van der Waals surface area (Å²) in [7, 11) is 0. The fraction of sp³-hybridized carbons (Fsp3) is 0.333. The maximum atomic E-state index is 6.25. The number of benzene rings is 1. The third-order valence-corrected chi connectivity index (χ3v) is 4.71. The van der Waals surface area contributed by atoms with Crippen LogP contribution >= 0.6 is 0 Å². The van der Waals surface area contributed by atoms with Crippen molar-refractivity contribution in [1.29, 1.82) is 0 Å². The van der Waals surface area contributed by atoms with Crippen molar-refractivity contribution < 1.29 is 9.26 Å². The van der Waals surface area contributed by atoms with Crippen molar-refractivity contribution in [2.45, 2.75) is 45.6 Å². The lowest BCUT2D eigenvalue weighted by atomic mass is 10.1. The second-order valence-electron chi connectivity index (χ2n) is 6.82. The second-order valence-corrected chi connectivity index (χ2v) is 6.82. The maximum Gasteiger partial charge on any atom is 0.240 e. The molecule has 0 amide bonds. The summed E-state index contributed by atoms with van der Waals surface area (Å²) in [6.07, 6.45) is 6.06. The first-order valence-electron chi connectivity index (χ1n) is 9.58. The molecule has 0 aliphatic carbocycles. The van der Waals surface area contributed by atoms with Gasteiger partial charge in [-0.15, -0.1) is 15.3 Å². The summed E-state index contributed by atoms with van der Waals surface area (Å²) in [4.78, 5) is 0. The van der Waals surface area contributed by atoms with Crippen LogP contribution in [0.3, 0.4) is 0 Å². The SMILES string of the molecule is C=CC(CCCCC)Oc1nn2c(-c3cc(C)on3)nnc2c2ccccc12. The van der Waals surface area contributed by atoms with Gasteiger partial charge in [-0.25, -0.2) is 0 Å². The second kappa shape index (κ2) is 7.80. The zero-order chi connectivity index (χ0) is 19.5. The number of aromatic nitrogens is 5. The summed E-state index contributed by atoms with van der Waals surface area (Å²) < 4.78 is 13.1. The Balaban J connectivity index is 1.81. The molecule has 1 aromatic carbocycles. The van der Waals surface area contributed by atoms with Gasteiger partial charge in [-0.2, -0.15) is 4.52 Å². The van der Waals surface area contributed by atoms with E-state index in [-0.39, 0.29) is 6.10 Å². The minimum atomic E-state index is -0.103. The van der Waals surface area contributed by atoms with Crippen molar-refractivity contribution >= 4 is 16.4 Å². The van der Waals surface area contributed by atoms with E-state index in [2.05, 4.69) is 28.9 Å². The third kappa shape index (κ3) is 3.35. The molecule has 0 saturated heterocycles. The molecule has 3 heterocycles. The Bertz CT molecular complexity index is 1110. The number of hydrogen-bond donors (Lipinski definition) is 0. The molecule has 0 fully saturated rings. The normalized spacial score (nSPS) is 12.5. The Morgan fingerprint density at radius 2 is 2.04 bits per heavy atom. The molecule has 7 heteroatoms. The van der Waals surface area contributed by atoms with Crippen LogP contribution in [-0.4, -0.2) is 31.1 Å². The van der Waals surface area contributed by atoms with Gasteiger partial charge in [-0.05, 0) is 25.8 Å². The van der Waals surface area contributed by atoms with Crippen molar-refractivity contribution in [3.05, 3.63) is 48.7 Å². The van der Waals surface area contributed by atoms with Crippen molar-refractivity contribution in [3.63, 3.8) is 0 Å². The molecule has 0 radical (unpaired) electrons. The van der Waals surface area contributed by atoms with Crippen LogP contribution in [0, 0.1) is 6.92 Å². The topological polar surface area (TPSA) is 78.3 Å². The van der Waals surface area contributed by atoms with Crippen LogP contribution < -0.4 is 4.74 Å². The molecule has 1 atom stereocenters. The van der Waals surface area contributed by atoms with E-state index in [4.69, 9.17) is 14.4 Å². The van der Waals surface area contributed by atoms with E-state index in [1.807, 2.05) is 43.3 Å². The highest BCUT2D eigenvalue weighted by Gasteiger charge is 2.19. The van der Waals surface area contributed by atoms with E-state index in [0.29, 0.717) is 28.8 Å². The van der Waals surface area contributed by atoms with Gasteiger partial charge >= 0.3 is 0 Å². The van der Waals surface area contributed by atoms with Crippen LogP contribution in [0.15, 0.2) is 47.5 Å². The number of fused-ring (bicyclic) bond motifs is 3. The molecule has 3 aromatic heterocycles. The lowest BCUT2D eigenvalue weighted by Gasteiger charge is -2.16. The zero-order valence-corrected chi connectivity index (χ0v) is 16.1. The quantitative estimate of drug-likeness (QED) is 0.325. The van der Waals surface area contributed by atoms with Gasteiger partial charge in [0.2, 0.25) is 11.7 Å². The predicted molar refractivity (Wildman–Crippen MR) is 107 cm³/mol. The fourth-order valence-corrected chi connectivity index (χ4v) is 3.23. The smallest absolute Gasteiger partial charge is 0.240 e. The number of rotatable bonds is 8. The third-order valence-electron chi connectivity index (χ3n) is 4.71. The number of nitrogens with zero attached hydrogens (tertiary/aromatic N) is 5. The molecule has 4 aromatic rings. The van der Waals surface area contributed by atoms with Gasteiger partial charge in [-0.3, -0.25) is 0 Å². The maximum absolute atomic E-state index is 6.25. The van der Waals surface area contributed by atoms with E-state index in [9.17, 15) is 0 Å². The molecular formula is C21H23N5O2.